The number of aryl methyl sites for hydroxylation is 1. The molecule has 3 N–H and O–H groups in total. The second kappa shape index (κ2) is 11.8. The van der Waals surface area contributed by atoms with E-state index in [4.69, 9.17) is 15.2 Å². The van der Waals surface area contributed by atoms with Crippen LogP contribution < -0.4 is 15.8 Å². The van der Waals surface area contributed by atoms with E-state index in [1.54, 1.807) is 0 Å². The van der Waals surface area contributed by atoms with Gasteiger partial charge in [0.05, 0.1) is 5.41 Å². The molecule has 1 aromatic rings. The number of rotatable bonds is 7. The van der Waals surface area contributed by atoms with Crippen molar-refractivity contribution in [1.29, 1.82) is 0 Å². The van der Waals surface area contributed by atoms with Crippen molar-refractivity contribution < 1.29 is 14.3 Å². The third-order valence-corrected chi connectivity index (χ3v) is 5.62. The monoisotopic (exact) mass is 433 g/mol. The molecule has 0 aliphatic carbocycles. The third kappa shape index (κ3) is 6.22. The molecule has 160 valence electrons. The van der Waals surface area contributed by atoms with Gasteiger partial charge < -0.3 is 20.5 Å². The minimum Gasteiger partial charge on any atom is -0.492 e. The van der Waals surface area contributed by atoms with Crippen molar-refractivity contribution in [3.8, 4) is 5.75 Å². The van der Waals surface area contributed by atoms with E-state index in [1.807, 2.05) is 25.1 Å². The second-order valence-electron chi connectivity index (χ2n) is 7.43. The van der Waals surface area contributed by atoms with Crippen molar-refractivity contribution in [1.82, 2.24) is 4.90 Å². The van der Waals surface area contributed by atoms with Crippen LogP contribution >= 0.6 is 24.8 Å². The molecular formula is C20H33Cl2N3O3. The first-order chi connectivity index (χ1) is 12.6. The van der Waals surface area contributed by atoms with Crippen molar-refractivity contribution in [2.24, 2.45) is 11.1 Å². The van der Waals surface area contributed by atoms with Gasteiger partial charge in [-0.25, -0.2) is 0 Å². The lowest BCUT2D eigenvalue weighted by molar-refractivity contribution is -0.130. The molecule has 0 spiro atoms. The number of carbonyl (C=O) groups excluding carboxylic acids is 1. The molecule has 0 radical (unpaired) electrons. The Bertz CT molecular complexity index is 619. The van der Waals surface area contributed by atoms with E-state index < -0.39 is 5.41 Å². The number of anilines is 1. The molecule has 2 saturated heterocycles. The van der Waals surface area contributed by atoms with Crippen molar-refractivity contribution >= 4 is 36.4 Å². The maximum atomic E-state index is 12.8. The first-order valence-corrected chi connectivity index (χ1v) is 9.68. The zero-order valence-corrected chi connectivity index (χ0v) is 18.2. The molecule has 0 aromatic heterocycles. The normalized spacial score (nSPS) is 18.6. The van der Waals surface area contributed by atoms with E-state index in [9.17, 15) is 4.79 Å². The van der Waals surface area contributed by atoms with Gasteiger partial charge in [0.25, 0.3) is 0 Å². The van der Waals surface area contributed by atoms with Gasteiger partial charge in [0.1, 0.15) is 12.4 Å². The van der Waals surface area contributed by atoms with Crippen LogP contribution in [0.15, 0.2) is 18.2 Å². The maximum absolute atomic E-state index is 12.8. The largest absolute Gasteiger partial charge is 0.492 e. The molecule has 2 fully saturated rings. The number of carbonyl (C=O) groups is 1. The van der Waals surface area contributed by atoms with Gasteiger partial charge in [-0.15, -0.1) is 24.8 Å². The van der Waals surface area contributed by atoms with Crippen molar-refractivity contribution in [3.05, 3.63) is 23.8 Å². The van der Waals surface area contributed by atoms with E-state index in [0.29, 0.717) is 39.2 Å². The SMILES string of the molecule is Cc1cc(NC(=O)C2(CN)CCOCC2)ccc1OCCN1CCCC1.Cl.Cl. The van der Waals surface area contributed by atoms with Gasteiger partial charge in [-0.3, -0.25) is 9.69 Å². The Hall–Kier alpha value is -1.05. The van der Waals surface area contributed by atoms with Crippen LogP contribution in [0, 0.1) is 12.3 Å². The maximum Gasteiger partial charge on any atom is 0.232 e. The molecule has 2 aliphatic heterocycles. The van der Waals surface area contributed by atoms with Crippen LogP contribution in [0.2, 0.25) is 0 Å². The first kappa shape index (κ1) is 25.0. The molecule has 28 heavy (non-hydrogen) atoms. The summed E-state index contributed by atoms with van der Waals surface area (Å²) >= 11 is 0. The lowest BCUT2D eigenvalue weighted by atomic mass is 9.79. The average molecular weight is 434 g/mol. The fourth-order valence-corrected chi connectivity index (χ4v) is 3.73. The highest BCUT2D eigenvalue weighted by Gasteiger charge is 2.38. The number of benzene rings is 1. The fourth-order valence-electron chi connectivity index (χ4n) is 3.73. The summed E-state index contributed by atoms with van der Waals surface area (Å²) in [6.07, 6.45) is 3.94. The lowest BCUT2D eigenvalue weighted by Crippen LogP contribution is -2.46. The summed E-state index contributed by atoms with van der Waals surface area (Å²) in [5.41, 5.74) is 7.21. The smallest absolute Gasteiger partial charge is 0.232 e. The summed E-state index contributed by atoms with van der Waals surface area (Å²) in [5.74, 6) is 0.868. The predicted octanol–water partition coefficient (Wildman–Crippen LogP) is 3.01. The minimum absolute atomic E-state index is 0. The second-order valence-corrected chi connectivity index (χ2v) is 7.43. The number of ether oxygens (including phenoxy) is 2. The Morgan fingerprint density at radius 1 is 1.25 bits per heavy atom. The van der Waals surface area contributed by atoms with Crippen LogP contribution in [-0.2, 0) is 9.53 Å². The summed E-state index contributed by atoms with van der Waals surface area (Å²) in [7, 11) is 0. The van der Waals surface area contributed by atoms with Crippen molar-refractivity contribution in [2.45, 2.75) is 32.6 Å². The number of nitrogens with one attached hydrogen (secondary N) is 1. The van der Waals surface area contributed by atoms with Gasteiger partial charge in [0.15, 0.2) is 0 Å². The quantitative estimate of drug-likeness (QED) is 0.690. The Morgan fingerprint density at radius 2 is 1.93 bits per heavy atom. The lowest BCUT2D eigenvalue weighted by Gasteiger charge is -2.34. The highest BCUT2D eigenvalue weighted by atomic mass is 35.5. The average Bonchev–Trinajstić information content (AvgIpc) is 3.17. The first-order valence-electron chi connectivity index (χ1n) is 9.68. The van der Waals surface area contributed by atoms with Gasteiger partial charge in [-0.1, -0.05) is 0 Å². The van der Waals surface area contributed by atoms with E-state index >= 15 is 0 Å². The number of amides is 1. The van der Waals surface area contributed by atoms with Gasteiger partial charge >= 0.3 is 0 Å². The fraction of sp³-hybridized carbons (Fsp3) is 0.650. The van der Waals surface area contributed by atoms with Crippen LogP contribution in [0.1, 0.15) is 31.2 Å². The minimum atomic E-state index is -0.517. The van der Waals surface area contributed by atoms with Crippen LogP contribution in [0.3, 0.4) is 0 Å². The van der Waals surface area contributed by atoms with E-state index in [0.717, 1.165) is 23.5 Å². The number of nitrogens with zero attached hydrogens (tertiary/aromatic N) is 1. The van der Waals surface area contributed by atoms with Gasteiger partial charge in [-0.05, 0) is 69.5 Å². The van der Waals surface area contributed by atoms with Crippen LogP contribution in [-0.4, -0.2) is 56.8 Å². The predicted molar refractivity (Wildman–Crippen MR) is 117 cm³/mol. The molecule has 1 aromatic carbocycles. The third-order valence-electron chi connectivity index (χ3n) is 5.62. The molecule has 0 atom stereocenters. The summed E-state index contributed by atoms with van der Waals surface area (Å²) in [6, 6.07) is 5.81. The number of halogens is 2. The molecule has 3 rings (SSSR count). The summed E-state index contributed by atoms with van der Waals surface area (Å²) in [4.78, 5) is 15.2. The van der Waals surface area contributed by atoms with Gasteiger partial charge in [-0.2, -0.15) is 0 Å². The summed E-state index contributed by atoms with van der Waals surface area (Å²) in [6.45, 7) is 7.57. The molecule has 0 saturated carbocycles. The Balaban J connectivity index is 0.00000196. The van der Waals surface area contributed by atoms with Gasteiger partial charge in [0, 0.05) is 32.0 Å². The molecular weight excluding hydrogens is 401 g/mol. The van der Waals surface area contributed by atoms with Crippen LogP contribution in [0.25, 0.3) is 0 Å². The Labute approximate surface area is 180 Å². The van der Waals surface area contributed by atoms with Crippen molar-refractivity contribution in [3.63, 3.8) is 0 Å². The standard InChI is InChI=1S/C20H31N3O3.2ClH/c1-16-14-17(22-19(24)20(15-21)6-11-25-12-7-20)4-5-18(16)26-13-10-23-8-2-3-9-23;;/h4-5,14H,2-3,6-13,15,21H2,1H3,(H,22,24);2*1H. The molecule has 0 unspecified atom stereocenters. The molecule has 1 amide bonds. The van der Waals surface area contributed by atoms with E-state index in [2.05, 4.69) is 10.2 Å². The zero-order valence-electron chi connectivity index (χ0n) is 16.6. The highest BCUT2D eigenvalue weighted by molar-refractivity contribution is 5.95. The van der Waals surface area contributed by atoms with E-state index in [-0.39, 0.29) is 30.7 Å². The number of hydrogen-bond donors (Lipinski definition) is 2. The Kier molecular flexibility index (Phi) is 10.6. The van der Waals surface area contributed by atoms with E-state index in [1.165, 1.54) is 25.9 Å². The topological polar surface area (TPSA) is 76.8 Å². The molecule has 8 heteroatoms. The molecule has 6 nitrogen and oxygen atoms in total. The molecule has 0 bridgehead atoms. The zero-order chi connectivity index (χ0) is 18.4. The highest BCUT2D eigenvalue weighted by Crippen LogP contribution is 2.31. The van der Waals surface area contributed by atoms with Gasteiger partial charge in [0.2, 0.25) is 5.91 Å². The Morgan fingerprint density at radius 3 is 2.54 bits per heavy atom. The molecule has 2 aliphatic rings. The summed E-state index contributed by atoms with van der Waals surface area (Å²) in [5, 5.41) is 3.03. The van der Waals surface area contributed by atoms with Crippen molar-refractivity contribution in [2.75, 3.05) is 51.3 Å². The van der Waals surface area contributed by atoms with Crippen LogP contribution in [0.5, 0.6) is 5.75 Å². The number of nitrogens with two attached hydrogens (primary N) is 1. The summed E-state index contributed by atoms with van der Waals surface area (Å²) < 4.78 is 11.3. The number of hydrogen-bond acceptors (Lipinski definition) is 5. The number of likely N-dealkylation sites (tertiary alicyclic amines) is 1. The molecule has 2 heterocycles. The van der Waals surface area contributed by atoms with Crippen LogP contribution in [0.4, 0.5) is 5.69 Å².